The van der Waals surface area contributed by atoms with E-state index in [-0.39, 0.29) is 0 Å². The van der Waals surface area contributed by atoms with Crippen molar-refractivity contribution in [3.8, 4) is 0 Å². The summed E-state index contributed by atoms with van der Waals surface area (Å²) in [5.74, 6) is 0. The normalized spacial score (nSPS) is 16.3. The molecular weight excluding hydrogens is 124 g/mol. The highest BCUT2D eigenvalue weighted by molar-refractivity contribution is 5.14. The molecule has 0 fully saturated rings. The molecule has 0 bridgehead atoms. The number of rotatable bonds is 3. The van der Waals surface area contributed by atoms with E-state index in [1.54, 1.807) is 6.26 Å². The Labute approximate surface area is 62.4 Å². The fraction of sp³-hybridized carbons (Fsp3) is 0.556. The molecule has 0 unspecified atom stereocenters. The summed E-state index contributed by atoms with van der Waals surface area (Å²) in [6.45, 7) is 3.01. The van der Waals surface area contributed by atoms with Crippen molar-refractivity contribution in [2.24, 2.45) is 0 Å². The van der Waals surface area contributed by atoms with Gasteiger partial charge in [0.1, 0.15) is 6.61 Å². The average Bonchev–Trinajstić information content (AvgIpc) is 2.03. The molecule has 0 aromatic heterocycles. The Morgan fingerprint density at radius 2 is 2.50 bits per heavy atom. The van der Waals surface area contributed by atoms with Gasteiger partial charge in [0, 0.05) is 0 Å². The molecular formula is C9H14O. The first-order valence-corrected chi connectivity index (χ1v) is 3.89. The Bertz CT molecular complexity index is 145. The van der Waals surface area contributed by atoms with Gasteiger partial charge in [0.25, 0.3) is 0 Å². The summed E-state index contributed by atoms with van der Waals surface area (Å²) in [6.07, 6.45) is 9.61. The van der Waals surface area contributed by atoms with Crippen LogP contribution in [0.1, 0.15) is 26.2 Å². The van der Waals surface area contributed by atoms with E-state index in [4.69, 9.17) is 4.74 Å². The maximum absolute atomic E-state index is 5.13. The zero-order valence-corrected chi connectivity index (χ0v) is 6.47. The van der Waals surface area contributed by atoms with Crippen LogP contribution >= 0.6 is 0 Å². The van der Waals surface area contributed by atoms with Crippen LogP contribution < -0.4 is 0 Å². The van der Waals surface area contributed by atoms with E-state index in [0.29, 0.717) is 0 Å². The highest BCUT2D eigenvalue weighted by Crippen LogP contribution is 2.10. The molecule has 0 N–H and O–H groups in total. The number of ether oxygens (including phenoxy) is 1. The lowest BCUT2D eigenvalue weighted by molar-refractivity contribution is 0.271. The molecule has 0 aliphatic carbocycles. The largest absolute Gasteiger partial charge is 0.497 e. The Balaban J connectivity index is 2.25. The highest BCUT2D eigenvalue weighted by Gasteiger charge is 1.97. The Morgan fingerprint density at radius 1 is 1.60 bits per heavy atom. The smallest absolute Gasteiger partial charge is 0.109 e. The molecule has 0 aromatic rings. The van der Waals surface area contributed by atoms with Gasteiger partial charge in [-0.3, -0.25) is 0 Å². The molecule has 0 radical (unpaired) electrons. The van der Waals surface area contributed by atoms with Gasteiger partial charge in [-0.25, -0.2) is 0 Å². The molecule has 1 rings (SSSR count). The Kier molecular flexibility index (Phi) is 3.07. The van der Waals surface area contributed by atoms with Crippen LogP contribution in [-0.2, 0) is 4.74 Å². The standard InChI is InChI=1S/C9H14O/c1-2-3-5-9-6-4-7-10-8-9/h4,6-7H,2-3,5,8H2,1H3. The van der Waals surface area contributed by atoms with E-state index in [1.807, 2.05) is 6.08 Å². The summed E-state index contributed by atoms with van der Waals surface area (Å²) in [6, 6.07) is 0. The lowest BCUT2D eigenvalue weighted by atomic mass is 10.1. The second-order valence-corrected chi connectivity index (χ2v) is 2.57. The summed E-state index contributed by atoms with van der Waals surface area (Å²) < 4.78 is 5.13. The quantitative estimate of drug-likeness (QED) is 0.582. The van der Waals surface area contributed by atoms with Gasteiger partial charge in [0.2, 0.25) is 0 Å². The van der Waals surface area contributed by atoms with Crippen molar-refractivity contribution < 1.29 is 4.74 Å². The Hall–Kier alpha value is -0.720. The first kappa shape index (κ1) is 7.39. The molecule has 1 heterocycles. The topological polar surface area (TPSA) is 9.23 Å². The molecule has 10 heavy (non-hydrogen) atoms. The van der Waals surface area contributed by atoms with Crippen LogP contribution in [0.25, 0.3) is 0 Å². The molecule has 0 saturated heterocycles. The van der Waals surface area contributed by atoms with E-state index in [0.717, 1.165) is 6.61 Å². The van der Waals surface area contributed by atoms with E-state index < -0.39 is 0 Å². The van der Waals surface area contributed by atoms with Crippen molar-refractivity contribution in [3.63, 3.8) is 0 Å². The SMILES string of the molecule is CCCCC1=CC=COC1. The molecule has 0 amide bonds. The minimum absolute atomic E-state index is 0.802. The zero-order valence-electron chi connectivity index (χ0n) is 6.47. The van der Waals surface area contributed by atoms with Crippen molar-refractivity contribution in [1.82, 2.24) is 0 Å². The molecule has 0 atom stereocenters. The van der Waals surface area contributed by atoms with Gasteiger partial charge >= 0.3 is 0 Å². The lowest BCUT2D eigenvalue weighted by Gasteiger charge is -2.08. The summed E-state index contributed by atoms with van der Waals surface area (Å²) in [5.41, 5.74) is 1.42. The highest BCUT2D eigenvalue weighted by atomic mass is 16.5. The van der Waals surface area contributed by atoms with E-state index >= 15 is 0 Å². The monoisotopic (exact) mass is 138 g/mol. The van der Waals surface area contributed by atoms with Crippen LogP contribution in [-0.4, -0.2) is 6.61 Å². The van der Waals surface area contributed by atoms with Crippen molar-refractivity contribution in [2.45, 2.75) is 26.2 Å². The lowest BCUT2D eigenvalue weighted by Crippen LogP contribution is -1.96. The zero-order chi connectivity index (χ0) is 7.23. The summed E-state index contributed by atoms with van der Waals surface area (Å²) in [4.78, 5) is 0. The Morgan fingerprint density at radius 3 is 3.10 bits per heavy atom. The first-order chi connectivity index (χ1) is 4.93. The van der Waals surface area contributed by atoms with Crippen LogP contribution in [0.2, 0.25) is 0 Å². The number of hydrogen-bond acceptors (Lipinski definition) is 1. The molecule has 1 nitrogen and oxygen atoms in total. The third kappa shape index (κ3) is 2.26. The maximum Gasteiger partial charge on any atom is 0.109 e. The fourth-order valence-corrected chi connectivity index (χ4v) is 0.994. The summed E-state index contributed by atoms with van der Waals surface area (Å²) in [7, 11) is 0. The van der Waals surface area contributed by atoms with Gasteiger partial charge < -0.3 is 4.74 Å². The molecule has 0 spiro atoms. The molecule has 1 aliphatic rings. The summed E-state index contributed by atoms with van der Waals surface area (Å²) >= 11 is 0. The van der Waals surface area contributed by atoms with Gasteiger partial charge in [-0.1, -0.05) is 19.4 Å². The number of hydrogen-bond donors (Lipinski definition) is 0. The number of allylic oxidation sites excluding steroid dienone is 2. The molecule has 0 aromatic carbocycles. The van der Waals surface area contributed by atoms with Crippen LogP contribution in [0.4, 0.5) is 0 Å². The van der Waals surface area contributed by atoms with Crippen LogP contribution in [0.3, 0.4) is 0 Å². The minimum Gasteiger partial charge on any atom is -0.497 e. The van der Waals surface area contributed by atoms with Crippen molar-refractivity contribution in [2.75, 3.05) is 6.61 Å². The van der Waals surface area contributed by atoms with Crippen LogP contribution in [0, 0.1) is 0 Å². The second kappa shape index (κ2) is 4.15. The van der Waals surface area contributed by atoms with Gasteiger partial charge in [-0.15, -0.1) is 0 Å². The fourth-order valence-electron chi connectivity index (χ4n) is 0.994. The maximum atomic E-state index is 5.13. The van der Waals surface area contributed by atoms with E-state index in [1.165, 1.54) is 24.8 Å². The predicted octanol–water partition coefficient (Wildman–Crippen LogP) is 2.65. The molecule has 1 heteroatoms. The third-order valence-electron chi connectivity index (χ3n) is 1.63. The summed E-state index contributed by atoms with van der Waals surface area (Å²) in [5, 5.41) is 0. The van der Waals surface area contributed by atoms with E-state index in [9.17, 15) is 0 Å². The second-order valence-electron chi connectivity index (χ2n) is 2.57. The van der Waals surface area contributed by atoms with Gasteiger partial charge in [0.15, 0.2) is 0 Å². The van der Waals surface area contributed by atoms with Gasteiger partial charge in [0.05, 0.1) is 6.26 Å². The van der Waals surface area contributed by atoms with Crippen molar-refractivity contribution in [3.05, 3.63) is 24.0 Å². The van der Waals surface area contributed by atoms with Gasteiger partial charge in [-0.05, 0) is 24.5 Å². The van der Waals surface area contributed by atoms with Crippen LogP contribution in [0.15, 0.2) is 24.0 Å². The van der Waals surface area contributed by atoms with Crippen molar-refractivity contribution in [1.29, 1.82) is 0 Å². The van der Waals surface area contributed by atoms with Gasteiger partial charge in [-0.2, -0.15) is 0 Å². The number of unbranched alkanes of at least 4 members (excludes halogenated alkanes) is 1. The first-order valence-electron chi connectivity index (χ1n) is 3.89. The predicted molar refractivity (Wildman–Crippen MR) is 42.7 cm³/mol. The average molecular weight is 138 g/mol. The third-order valence-corrected chi connectivity index (χ3v) is 1.63. The minimum atomic E-state index is 0.802. The van der Waals surface area contributed by atoms with Crippen LogP contribution in [0.5, 0.6) is 0 Å². The molecule has 56 valence electrons. The molecule has 1 aliphatic heterocycles. The van der Waals surface area contributed by atoms with Crippen molar-refractivity contribution >= 4 is 0 Å². The molecule has 0 saturated carbocycles. The van der Waals surface area contributed by atoms with E-state index in [2.05, 4.69) is 13.0 Å².